The SMILES string of the molecule is C[Si](C)(C)CC1CCC([Si](C)(C)[Si](C)(C)C2CCC3CC4CCCC4CC32)C1.[CH3-].[CH3-].[CH3-].[CH3-].[Hf+4]. The molecule has 7 atom stereocenters. The Hall–Kier alpha value is 1.52. The summed E-state index contributed by atoms with van der Waals surface area (Å²) >= 11 is 0. The van der Waals surface area contributed by atoms with Crippen molar-refractivity contribution in [2.45, 2.75) is 127 Å². The molecule has 0 nitrogen and oxygen atoms in total. The monoisotopic (exact) mass is 674 g/mol. The van der Waals surface area contributed by atoms with Gasteiger partial charge in [-0.15, -0.1) is 0 Å². The summed E-state index contributed by atoms with van der Waals surface area (Å²) in [5.74, 6) is 5.69. The Morgan fingerprint density at radius 1 is 0.576 bits per heavy atom. The first-order valence-electron chi connectivity index (χ1n) is 13.0. The van der Waals surface area contributed by atoms with Crippen LogP contribution in [0.5, 0.6) is 0 Å². The Balaban J connectivity index is 0. The molecule has 0 aromatic heterocycles. The second kappa shape index (κ2) is 13.4. The first-order chi connectivity index (χ1) is 13.0. The van der Waals surface area contributed by atoms with Crippen molar-refractivity contribution in [2.75, 3.05) is 0 Å². The van der Waals surface area contributed by atoms with E-state index in [1.165, 1.54) is 5.54 Å². The first kappa shape index (κ1) is 36.7. The van der Waals surface area contributed by atoms with Crippen LogP contribution in [-0.2, 0) is 25.8 Å². The van der Waals surface area contributed by atoms with Gasteiger partial charge < -0.3 is 29.7 Å². The summed E-state index contributed by atoms with van der Waals surface area (Å²) in [5.41, 5.74) is 2.36. The van der Waals surface area contributed by atoms with Gasteiger partial charge in [0.05, 0.1) is 0 Å². The van der Waals surface area contributed by atoms with Crippen molar-refractivity contribution >= 4 is 23.3 Å². The Bertz CT molecular complexity index is 568. The molecule has 0 aromatic rings. The average molecular weight is 674 g/mol. The Morgan fingerprint density at radius 3 is 1.73 bits per heavy atom. The molecule has 0 bridgehead atoms. The van der Waals surface area contributed by atoms with Crippen LogP contribution in [0.15, 0.2) is 0 Å². The van der Waals surface area contributed by atoms with Gasteiger partial charge in [0.15, 0.2) is 0 Å². The molecule has 194 valence electrons. The maximum absolute atomic E-state index is 2.90. The zero-order valence-corrected chi connectivity index (χ0v) is 31.4. The molecule has 4 heteroatoms. The Morgan fingerprint density at radius 2 is 1.15 bits per heavy atom. The second-order valence-corrected chi connectivity index (χ2v) is 35.8. The van der Waals surface area contributed by atoms with Crippen LogP contribution in [0, 0.1) is 59.3 Å². The minimum atomic E-state index is -1.15. The van der Waals surface area contributed by atoms with Gasteiger partial charge in [0.25, 0.3) is 0 Å². The molecular formula is C29H62HfSi3. The zero-order chi connectivity index (χ0) is 20.3. The molecule has 33 heavy (non-hydrogen) atoms. The third-order valence-electron chi connectivity index (χ3n) is 11.0. The van der Waals surface area contributed by atoms with Gasteiger partial charge in [-0.05, 0) is 53.5 Å². The predicted molar refractivity (Wildman–Crippen MR) is 160 cm³/mol. The van der Waals surface area contributed by atoms with Crippen LogP contribution in [0.2, 0.25) is 63.0 Å². The van der Waals surface area contributed by atoms with Crippen molar-refractivity contribution in [1.82, 2.24) is 0 Å². The minimum Gasteiger partial charge on any atom is -0.358 e. The van der Waals surface area contributed by atoms with Gasteiger partial charge in [-0.3, -0.25) is 0 Å². The van der Waals surface area contributed by atoms with E-state index in [1.807, 2.05) is 0 Å². The fourth-order valence-corrected chi connectivity index (χ4v) is 25.1. The molecule has 7 unspecified atom stereocenters. The summed E-state index contributed by atoms with van der Waals surface area (Å²) in [6.45, 7) is 19.4. The second-order valence-electron chi connectivity index (χ2n) is 14.1. The third kappa shape index (κ3) is 7.31. The van der Waals surface area contributed by atoms with Gasteiger partial charge in [-0.25, -0.2) is 0 Å². The van der Waals surface area contributed by atoms with Gasteiger partial charge >= 0.3 is 25.8 Å². The molecule has 4 saturated carbocycles. The number of hydrogen-bond donors (Lipinski definition) is 0. The van der Waals surface area contributed by atoms with E-state index in [-0.39, 0.29) is 55.5 Å². The normalized spacial score (nSPS) is 35.5. The molecule has 0 radical (unpaired) electrons. The molecule has 4 rings (SSSR count). The maximum atomic E-state index is 2.90. The van der Waals surface area contributed by atoms with E-state index >= 15 is 0 Å². The molecule has 4 fully saturated rings. The molecule has 0 heterocycles. The zero-order valence-electron chi connectivity index (χ0n) is 24.8. The van der Waals surface area contributed by atoms with Crippen LogP contribution >= 0.6 is 0 Å². The summed E-state index contributed by atoms with van der Waals surface area (Å²) in [5, 5.41) is 0. The van der Waals surface area contributed by atoms with E-state index < -0.39 is 23.3 Å². The summed E-state index contributed by atoms with van der Waals surface area (Å²) < 4.78 is 0. The predicted octanol–water partition coefficient (Wildman–Crippen LogP) is 10.4. The Kier molecular flexibility index (Phi) is 14.8. The van der Waals surface area contributed by atoms with Crippen LogP contribution in [-0.4, -0.2) is 23.3 Å². The molecule has 0 aromatic carbocycles. The number of hydrogen-bond acceptors (Lipinski definition) is 0. The number of rotatable bonds is 5. The van der Waals surface area contributed by atoms with Gasteiger partial charge in [-0.2, -0.15) is 0 Å². The summed E-state index contributed by atoms with van der Waals surface area (Å²) in [4.78, 5) is 0. The van der Waals surface area contributed by atoms with Crippen molar-refractivity contribution in [2.24, 2.45) is 29.6 Å². The molecule has 0 amide bonds. The molecule has 0 saturated heterocycles. The summed E-state index contributed by atoms with van der Waals surface area (Å²) in [6, 6.07) is 1.60. The van der Waals surface area contributed by atoms with Gasteiger partial charge in [0.2, 0.25) is 0 Å². The smallest absolute Gasteiger partial charge is 0.358 e. The third-order valence-corrected chi connectivity index (χ3v) is 33.6. The van der Waals surface area contributed by atoms with Gasteiger partial charge in [-0.1, -0.05) is 103 Å². The quantitative estimate of drug-likeness (QED) is 0.201. The fourth-order valence-electron chi connectivity index (χ4n) is 8.95. The number of fused-ring (bicyclic) bond motifs is 2. The van der Waals surface area contributed by atoms with Crippen molar-refractivity contribution < 1.29 is 25.8 Å². The molecule has 4 aliphatic carbocycles. The molecule has 0 spiro atoms. The topological polar surface area (TPSA) is 0 Å². The standard InChI is InChI=1S/C25H50Si3.4CH3.Hf/c1-26(2,3)18-19-11-13-23(15-19)27(4,5)28(6,7)25-14-12-22-16-20-9-8-10-21(20)17-24(22)25;;;;;/h19-25H,8-18H2,1-7H3;4*1H3;/q;4*-1;+4. The van der Waals surface area contributed by atoms with Crippen LogP contribution < -0.4 is 0 Å². The van der Waals surface area contributed by atoms with Crippen LogP contribution in [0.3, 0.4) is 0 Å². The minimum absolute atomic E-state index is 0. The van der Waals surface area contributed by atoms with Crippen LogP contribution in [0.25, 0.3) is 0 Å². The van der Waals surface area contributed by atoms with E-state index in [0.29, 0.717) is 0 Å². The summed E-state index contributed by atoms with van der Waals surface area (Å²) in [6.07, 6.45) is 16.1. The van der Waals surface area contributed by atoms with E-state index in [9.17, 15) is 0 Å². The van der Waals surface area contributed by atoms with E-state index in [1.54, 1.807) is 70.3 Å². The van der Waals surface area contributed by atoms with Gasteiger partial charge in [0.1, 0.15) is 0 Å². The molecular weight excluding hydrogens is 611 g/mol. The maximum Gasteiger partial charge on any atom is 4.00 e. The Labute approximate surface area is 234 Å². The van der Waals surface area contributed by atoms with Crippen LogP contribution in [0.1, 0.15) is 64.2 Å². The molecule has 4 aliphatic rings. The first-order valence-corrected chi connectivity index (χ1v) is 23.8. The van der Waals surface area contributed by atoms with E-state index in [0.717, 1.165) is 35.1 Å². The van der Waals surface area contributed by atoms with Crippen molar-refractivity contribution in [3.63, 3.8) is 0 Å². The van der Waals surface area contributed by atoms with Crippen molar-refractivity contribution in [3.8, 4) is 0 Å². The average Bonchev–Trinajstić information content (AvgIpc) is 3.29. The largest absolute Gasteiger partial charge is 4.00 e. The van der Waals surface area contributed by atoms with Crippen molar-refractivity contribution in [1.29, 1.82) is 0 Å². The van der Waals surface area contributed by atoms with E-state index in [2.05, 4.69) is 45.8 Å². The summed E-state index contributed by atoms with van der Waals surface area (Å²) in [7, 11) is -3.18. The molecule has 0 aliphatic heterocycles. The van der Waals surface area contributed by atoms with E-state index in [4.69, 9.17) is 0 Å². The van der Waals surface area contributed by atoms with Crippen LogP contribution in [0.4, 0.5) is 0 Å². The van der Waals surface area contributed by atoms with Gasteiger partial charge in [0, 0.05) is 23.3 Å². The van der Waals surface area contributed by atoms with Crippen molar-refractivity contribution in [3.05, 3.63) is 29.7 Å². The molecule has 0 N–H and O–H groups in total. The fraction of sp³-hybridized carbons (Fsp3) is 0.862.